The van der Waals surface area contributed by atoms with Gasteiger partial charge in [-0.05, 0) is 47.0 Å². The standard InChI is InChI=1S/C26H18FN3O3S/c27-20-10-6-17(7-11-20)14-22-24(31)28-26-30(29-22)25(32)23(34-26)15-18-8-12-21(13-9-18)33-16-19-4-2-1-3-5-19/h1-13,15H,14,16H2. The van der Waals surface area contributed by atoms with E-state index in [0.29, 0.717) is 16.7 Å². The van der Waals surface area contributed by atoms with Gasteiger partial charge in [0.15, 0.2) is 0 Å². The number of nitrogens with zero attached hydrogens (tertiary/aromatic N) is 3. The van der Waals surface area contributed by atoms with Crippen LogP contribution >= 0.6 is 11.3 Å². The van der Waals surface area contributed by atoms with Crippen molar-refractivity contribution in [1.82, 2.24) is 14.6 Å². The molecule has 34 heavy (non-hydrogen) atoms. The summed E-state index contributed by atoms with van der Waals surface area (Å²) in [6.45, 7) is 0.469. The summed E-state index contributed by atoms with van der Waals surface area (Å²) in [4.78, 5) is 29.5. The molecule has 0 unspecified atom stereocenters. The molecule has 2 heterocycles. The number of ether oxygens (including phenoxy) is 1. The zero-order valence-electron chi connectivity index (χ0n) is 17.8. The molecule has 2 aromatic heterocycles. The van der Waals surface area contributed by atoms with Gasteiger partial charge >= 0.3 is 0 Å². The number of benzene rings is 3. The summed E-state index contributed by atoms with van der Waals surface area (Å²) in [5.74, 6) is 0.358. The van der Waals surface area contributed by atoms with E-state index in [4.69, 9.17) is 4.74 Å². The topological polar surface area (TPSA) is 73.6 Å². The summed E-state index contributed by atoms with van der Waals surface area (Å²) >= 11 is 1.10. The largest absolute Gasteiger partial charge is 0.489 e. The molecule has 0 saturated carbocycles. The molecular weight excluding hydrogens is 453 g/mol. The van der Waals surface area contributed by atoms with Crippen molar-refractivity contribution in [3.63, 3.8) is 0 Å². The molecule has 6 nitrogen and oxygen atoms in total. The Morgan fingerprint density at radius 3 is 2.38 bits per heavy atom. The molecule has 5 rings (SSSR count). The predicted octanol–water partition coefficient (Wildman–Crippen LogP) is 3.37. The summed E-state index contributed by atoms with van der Waals surface area (Å²) in [6, 6.07) is 23.0. The number of aromatic nitrogens is 3. The molecule has 0 atom stereocenters. The van der Waals surface area contributed by atoms with E-state index in [0.717, 1.165) is 32.7 Å². The summed E-state index contributed by atoms with van der Waals surface area (Å²) in [6.07, 6.45) is 1.89. The van der Waals surface area contributed by atoms with E-state index in [-0.39, 0.29) is 28.5 Å². The van der Waals surface area contributed by atoms with Crippen LogP contribution < -0.4 is 20.4 Å². The highest BCUT2D eigenvalue weighted by atomic mass is 32.1. The van der Waals surface area contributed by atoms with E-state index in [9.17, 15) is 14.0 Å². The molecule has 0 aliphatic carbocycles. The number of halogens is 1. The van der Waals surface area contributed by atoms with Crippen molar-refractivity contribution in [3.8, 4) is 5.75 Å². The van der Waals surface area contributed by atoms with Gasteiger partial charge in [-0.1, -0.05) is 65.9 Å². The monoisotopic (exact) mass is 471 g/mol. The van der Waals surface area contributed by atoms with Gasteiger partial charge in [0, 0.05) is 6.42 Å². The van der Waals surface area contributed by atoms with Crippen LogP contribution in [0.5, 0.6) is 5.75 Å². The Morgan fingerprint density at radius 2 is 1.65 bits per heavy atom. The van der Waals surface area contributed by atoms with Crippen molar-refractivity contribution in [3.05, 3.63) is 132 Å². The molecule has 8 heteroatoms. The van der Waals surface area contributed by atoms with Gasteiger partial charge in [0.1, 0.15) is 23.9 Å². The second-order valence-electron chi connectivity index (χ2n) is 7.62. The second-order valence-corrected chi connectivity index (χ2v) is 8.63. The number of hydrogen-bond acceptors (Lipinski definition) is 6. The lowest BCUT2D eigenvalue weighted by atomic mass is 10.1. The average molecular weight is 472 g/mol. The molecule has 5 aromatic rings. The van der Waals surface area contributed by atoms with Crippen LogP contribution in [0.15, 0.2) is 88.5 Å². The first-order chi connectivity index (χ1) is 16.5. The number of rotatable bonds is 6. The molecule has 0 aliphatic rings. The number of hydrogen-bond donors (Lipinski definition) is 0. The molecular formula is C26H18FN3O3S. The Bertz CT molecular complexity index is 1610. The Labute approximate surface area is 197 Å². The van der Waals surface area contributed by atoms with Crippen molar-refractivity contribution in [2.24, 2.45) is 0 Å². The summed E-state index contributed by atoms with van der Waals surface area (Å²) in [5, 5.41) is 4.23. The first-order valence-corrected chi connectivity index (χ1v) is 11.3. The highest BCUT2D eigenvalue weighted by Crippen LogP contribution is 2.15. The molecule has 0 saturated heterocycles. The van der Waals surface area contributed by atoms with Crippen LogP contribution in [0.2, 0.25) is 0 Å². The molecule has 0 spiro atoms. The van der Waals surface area contributed by atoms with Crippen LogP contribution in [-0.4, -0.2) is 14.6 Å². The van der Waals surface area contributed by atoms with Gasteiger partial charge in [-0.3, -0.25) is 9.59 Å². The van der Waals surface area contributed by atoms with Gasteiger partial charge in [0.05, 0.1) is 4.53 Å². The third-order valence-electron chi connectivity index (χ3n) is 5.16. The van der Waals surface area contributed by atoms with E-state index in [2.05, 4.69) is 10.1 Å². The van der Waals surface area contributed by atoms with Crippen molar-refractivity contribution < 1.29 is 9.13 Å². The molecule has 3 aromatic carbocycles. The highest BCUT2D eigenvalue weighted by Gasteiger charge is 2.12. The van der Waals surface area contributed by atoms with E-state index in [1.807, 2.05) is 54.6 Å². The van der Waals surface area contributed by atoms with E-state index >= 15 is 0 Å². The van der Waals surface area contributed by atoms with E-state index in [1.165, 1.54) is 12.1 Å². The average Bonchev–Trinajstić information content (AvgIpc) is 3.15. The zero-order chi connectivity index (χ0) is 23.5. The van der Waals surface area contributed by atoms with Crippen molar-refractivity contribution in [2.45, 2.75) is 13.0 Å². The summed E-state index contributed by atoms with van der Waals surface area (Å²) in [7, 11) is 0. The van der Waals surface area contributed by atoms with Crippen LogP contribution in [0, 0.1) is 5.82 Å². The molecule has 168 valence electrons. The third-order valence-corrected chi connectivity index (χ3v) is 6.12. The molecule has 0 N–H and O–H groups in total. The maximum Gasteiger partial charge on any atom is 0.296 e. The van der Waals surface area contributed by atoms with Gasteiger partial charge in [-0.25, -0.2) is 4.39 Å². The lowest BCUT2D eigenvalue weighted by Crippen LogP contribution is -2.28. The second kappa shape index (κ2) is 9.36. The van der Waals surface area contributed by atoms with Crippen molar-refractivity contribution >= 4 is 22.4 Å². The minimum absolute atomic E-state index is 0.130. The van der Waals surface area contributed by atoms with Crippen LogP contribution in [-0.2, 0) is 13.0 Å². The van der Waals surface area contributed by atoms with Gasteiger partial charge in [-0.2, -0.15) is 14.6 Å². The lowest BCUT2D eigenvalue weighted by Gasteiger charge is -2.06. The Balaban J connectivity index is 1.39. The van der Waals surface area contributed by atoms with Crippen LogP contribution in [0.25, 0.3) is 11.0 Å². The van der Waals surface area contributed by atoms with Crippen LogP contribution in [0.3, 0.4) is 0 Å². The van der Waals surface area contributed by atoms with Gasteiger partial charge in [-0.15, -0.1) is 0 Å². The molecule has 0 fully saturated rings. The Kier molecular flexibility index (Phi) is 5.97. The minimum Gasteiger partial charge on any atom is -0.489 e. The third kappa shape index (κ3) is 4.77. The Hall–Kier alpha value is -4.17. The van der Waals surface area contributed by atoms with Gasteiger partial charge in [0.2, 0.25) is 4.96 Å². The molecule has 0 radical (unpaired) electrons. The normalized spacial score (nSPS) is 11.7. The lowest BCUT2D eigenvalue weighted by molar-refractivity contribution is 0.306. The van der Waals surface area contributed by atoms with Crippen molar-refractivity contribution in [1.29, 1.82) is 0 Å². The Morgan fingerprint density at radius 1 is 0.912 bits per heavy atom. The maximum atomic E-state index is 13.1. The fourth-order valence-corrected chi connectivity index (χ4v) is 4.30. The number of fused-ring (bicyclic) bond motifs is 1. The number of thiazole rings is 1. The van der Waals surface area contributed by atoms with Gasteiger partial charge < -0.3 is 4.74 Å². The summed E-state index contributed by atoms with van der Waals surface area (Å²) in [5.41, 5.74) is 1.87. The smallest absolute Gasteiger partial charge is 0.296 e. The molecule has 0 bridgehead atoms. The molecule has 0 aliphatic heterocycles. The van der Waals surface area contributed by atoms with Crippen LogP contribution in [0.1, 0.15) is 22.4 Å². The SMILES string of the molecule is O=c1nc2sc(=Cc3ccc(OCc4ccccc4)cc3)c(=O)n2nc1Cc1ccc(F)cc1. The van der Waals surface area contributed by atoms with E-state index < -0.39 is 5.56 Å². The molecule has 0 amide bonds. The first kappa shape index (κ1) is 21.7. The predicted molar refractivity (Wildman–Crippen MR) is 129 cm³/mol. The highest BCUT2D eigenvalue weighted by molar-refractivity contribution is 7.15. The van der Waals surface area contributed by atoms with Crippen LogP contribution in [0.4, 0.5) is 4.39 Å². The maximum absolute atomic E-state index is 13.1. The quantitative estimate of drug-likeness (QED) is 0.380. The minimum atomic E-state index is -0.503. The fourth-order valence-electron chi connectivity index (χ4n) is 3.40. The summed E-state index contributed by atoms with van der Waals surface area (Å²) < 4.78 is 20.5. The van der Waals surface area contributed by atoms with Crippen molar-refractivity contribution in [2.75, 3.05) is 0 Å². The first-order valence-electron chi connectivity index (χ1n) is 10.5. The van der Waals surface area contributed by atoms with Gasteiger partial charge in [0.25, 0.3) is 11.1 Å². The fraction of sp³-hybridized carbons (Fsp3) is 0.0769. The van der Waals surface area contributed by atoms with E-state index in [1.54, 1.807) is 18.2 Å². The zero-order valence-corrected chi connectivity index (χ0v) is 18.7.